The zero-order valence-corrected chi connectivity index (χ0v) is 19.6. The standard InChI is InChI=1S/C28H32N2O4/c31-25-17-7-3-11-29-9-1-5-15(23(17)29)13-19(25)21-27(33)22(28(21)34)20-14-16-6-2-10-30-12-4-8-18(24(16)30)26(20)32/h13-14,21-22,27-28,31-32H,1-12H2/q-2. The van der Waals surface area contributed by atoms with E-state index in [-0.39, 0.29) is 11.5 Å². The highest BCUT2D eigenvalue weighted by Gasteiger charge is 2.43. The van der Waals surface area contributed by atoms with Crippen LogP contribution >= 0.6 is 0 Å². The highest BCUT2D eigenvalue weighted by molar-refractivity contribution is 5.72. The minimum Gasteiger partial charge on any atom is -0.851 e. The summed E-state index contributed by atoms with van der Waals surface area (Å²) in [7, 11) is 0. The lowest BCUT2D eigenvalue weighted by molar-refractivity contribution is -0.536. The lowest BCUT2D eigenvalue weighted by atomic mass is 9.62. The number of aryl methyl sites for hydroxylation is 2. The van der Waals surface area contributed by atoms with E-state index in [1.54, 1.807) is 0 Å². The van der Waals surface area contributed by atoms with Gasteiger partial charge < -0.3 is 30.2 Å². The number of aromatic hydroxyl groups is 2. The molecule has 2 aromatic rings. The van der Waals surface area contributed by atoms with Gasteiger partial charge in [0.05, 0.1) is 0 Å². The van der Waals surface area contributed by atoms with Gasteiger partial charge in [-0.05, 0) is 97.6 Å². The Balaban J connectivity index is 1.27. The van der Waals surface area contributed by atoms with E-state index < -0.39 is 24.0 Å². The van der Waals surface area contributed by atoms with Gasteiger partial charge in [-0.25, -0.2) is 0 Å². The average Bonchev–Trinajstić information content (AvgIpc) is 2.85. The van der Waals surface area contributed by atoms with Gasteiger partial charge >= 0.3 is 0 Å². The number of phenols is 2. The maximum Gasteiger partial charge on any atom is 0.124 e. The van der Waals surface area contributed by atoms with Crippen LogP contribution in [0.5, 0.6) is 11.5 Å². The third-order valence-corrected chi connectivity index (χ3v) is 9.18. The Hall–Kier alpha value is -2.44. The van der Waals surface area contributed by atoms with Crippen molar-refractivity contribution in [3.63, 3.8) is 0 Å². The highest BCUT2D eigenvalue weighted by Crippen LogP contribution is 2.54. The summed E-state index contributed by atoms with van der Waals surface area (Å²) in [6.07, 6.45) is 5.26. The summed E-state index contributed by atoms with van der Waals surface area (Å²) < 4.78 is 0. The fourth-order valence-corrected chi connectivity index (χ4v) is 7.63. The van der Waals surface area contributed by atoms with Gasteiger partial charge in [-0.2, -0.15) is 0 Å². The summed E-state index contributed by atoms with van der Waals surface area (Å²) in [4.78, 5) is 4.71. The van der Waals surface area contributed by atoms with Gasteiger partial charge in [0.2, 0.25) is 0 Å². The van der Waals surface area contributed by atoms with E-state index in [2.05, 4.69) is 9.80 Å². The molecule has 1 aliphatic carbocycles. The van der Waals surface area contributed by atoms with E-state index in [0.29, 0.717) is 11.1 Å². The summed E-state index contributed by atoms with van der Waals surface area (Å²) in [6.45, 7) is 4.04. The monoisotopic (exact) mass is 460 g/mol. The number of nitrogens with zero attached hydrogens (tertiary/aromatic N) is 2. The minimum absolute atomic E-state index is 0.177. The first kappa shape index (κ1) is 20.9. The molecule has 0 atom stereocenters. The summed E-state index contributed by atoms with van der Waals surface area (Å²) >= 11 is 0. The average molecular weight is 461 g/mol. The van der Waals surface area contributed by atoms with Crippen molar-refractivity contribution in [2.24, 2.45) is 0 Å². The molecule has 5 aliphatic rings. The van der Waals surface area contributed by atoms with Crippen molar-refractivity contribution < 1.29 is 20.4 Å². The molecule has 0 radical (unpaired) electrons. The number of anilines is 2. The smallest absolute Gasteiger partial charge is 0.124 e. The molecule has 0 spiro atoms. The molecule has 0 amide bonds. The second-order valence-electron chi connectivity index (χ2n) is 11.0. The molecule has 0 bridgehead atoms. The van der Waals surface area contributed by atoms with Crippen LogP contribution in [0.1, 0.15) is 70.9 Å². The van der Waals surface area contributed by atoms with Gasteiger partial charge in [0.15, 0.2) is 0 Å². The van der Waals surface area contributed by atoms with Crippen LogP contribution in [0.2, 0.25) is 0 Å². The van der Waals surface area contributed by atoms with E-state index in [1.165, 1.54) is 11.1 Å². The quantitative estimate of drug-likeness (QED) is 0.711. The van der Waals surface area contributed by atoms with E-state index in [0.717, 1.165) is 100 Å². The van der Waals surface area contributed by atoms with Crippen LogP contribution in [-0.2, 0) is 25.7 Å². The normalized spacial score (nSPS) is 29.4. The Labute approximate surface area is 200 Å². The van der Waals surface area contributed by atoms with E-state index in [1.807, 2.05) is 12.1 Å². The molecule has 0 saturated heterocycles. The lowest BCUT2D eigenvalue weighted by Gasteiger charge is -2.62. The van der Waals surface area contributed by atoms with Crippen LogP contribution in [-0.4, -0.2) is 48.6 Å². The van der Waals surface area contributed by atoms with Crippen LogP contribution in [0.25, 0.3) is 0 Å². The zero-order valence-electron chi connectivity index (χ0n) is 19.6. The van der Waals surface area contributed by atoms with Gasteiger partial charge in [-0.1, -0.05) is 0 Å². The SMILES string of the molecule is [O-]C1C(c2cc3c4c(c2O)CCCN4CCC3)C([O-])C1c1cc2c3c(c1O)CCCN3CCC2. The number of benzene rings is 2. The molecular formula is C28H32N2O4-2. The molecule has 6 nitrogen and oxygen atoms in total. The number of phenolic OH excluding ortho intramolecular Hbond substituents is 2. The predicted molar refractivity (Wildman–Crippen MR) is 127 cm³/mol. The van der Waals surface area contributed by atoms with Gasteiger partial charge in [0.1, 0.15) is 11.5 Å². The van der Waals surface area contributed by atoms with Crippen molar-refractivity contribution in [3.05, 3.63) is 45.5 Å². The Morgan fingerprint density at radius 2 is 1.00 bits per heavy atom. The first-order valence-electron chi connectivity index (χ1n) is 13.1. The fourth-order valence-electron chi connectivity index (χ4n) is 7.63. The number of hydrogen-bond acceptors (Lipinski definition) is 6. The Morgan fingerprint density at radius 1 is 0.618 bits per heavy atom. The molecule has 4 aliphatic heterocycles. The minimum atomic E-state index is -1.15. The molecule has 180 valence electrons. The number of rotatable bonds is 2. The Morgan fingerprint density at radius 3 is 1.41 bits per heavy atom. The highest BCUT2D eigenvalue weighted by atomic mass is 16.3. The third-order valence-electron chi connectivity index (χ3n) is 9.18. The molecule has 1 fully saturated rings. The van der Waals surface area contributed by atoms with Gasteiger partial charge in [0, 0.05) is 48.7 Å². The van der Waals surface area contributed by atoms with Crippen LogP contribution in [0, 0.1) is 0 Å². The molecule has 34 heavy (non-hydrogen) atoms. The Bertz CT molecular complexity index is 1070. The molecule has 0 unspecified atom stereocenters. The topological polar surface area (TPSA) is 93.1 Å². The van der Waals surface area contributed by atoms with Crippen molar-refractivity contribution in [3.8, 4) is 11.5 Å². The van der Waals surface area contributed by atoms with Crippen molar-refractivity contribution in [1.82, 2.24) is 0 Å². The molecule has 2 N–H and O–H groups in total. The predicted octanol–water partition coefficient (Wildman–Crippen LogP) is 1.83. The second-order valence-corrected chi connectivity index (χ2v) is 11.0. The molecule has 6 heteroatoms. The van der Waals surface area contributed by atoms with E-state index >= 15 is 0 Å². The summed E-state index contributed by atoms with van der Waals surface area (Å²) in [5, 5.41) is 49.6. The van der Waals surface area contributed by atoms with Gasteiger partial charge in [-0.15, -0.1) is 12.2 Å². The summed E-state index contributed by atoms with van der Waals surface area (Å²) in [5.41, 5.74) is 7.63. The van der Waals surface area contributed by atoms with Gasteiger partial charge in [-0.3, -0.25) is 0 Å². The largest absolute Gasteiger partial charge is 0.851 e. The molecular weight excluding hydrogens is 428 g/mol. The Kier molecular flexibility index (Phi) is 4.63. The molecule has 1 saturated carbocycles. The first-order chi connectivity index (χ1) is 16.5. The van der Waals surface area contributed by atoms with Crippen LogP contribution in [0.15, 0.2) is 12.1 Å². The molecule has 0 aromatic heterocycles. The van der Waals surface area contributed by atoms with E-state index in [9.17, 15) is 20.4 Å². The first-order valence-corrected chi connectivity index (χ1v) is 13.1. The van der Waals surface area contributed by atoms with Crippen molar-refractivity contribution >= 4 is 11.4 Å². The van der Waals surface area contributed by atoms with Crippen LogP contribution in [0.3, 0.4) is 0 Å². The van der Waals surface area contributed by atoms with Crippen molar-refractivity contribution in [2.75, 3.05) is 36.0 Å². The molecule has 4 heterocycles. The lowest BCUT2D eigenvalue weighted by Crippen LogP contribution is -2.63. The molecule has 7 rings (SSSR count). The van der Waals surface area contributed by atoms with Crippen LogP contribution in [0.4, 0.5) is 11.4 Å². The van der Waals surface area contributed by atoms with Crippen LogP contribution < -0.4 is 20.0 Å². The van der Waals surface area contributed by atoms with Gasteiger partial charge in [0.25, 0.3) is 0 Å². The van der Waals surface area contributed by atoms with Crippen molar-refractivity contribution in [2.45, 2.75) is 75.4 Å². The fraction of sp³-hybridized carbons (Fsp3) is 0.571. The summed E-state index contributed by atoms with van der Waals surface area (Å²) in [5.74, 6) is -1.16. The van der Waals surface area contributed by atoms with Crippen molar-refractivity contribution in [1.29, 1.82) is 0 Å². The molecule has 2 aromatic carbocycles. The summed E-state index contributed by atoms with van der Waals surface area (Å²) in [6, 6.07) is 3.91. The van der Waals surface area contributed by atoms with E-state index in [4.69, 9.17) is 0 Å². The maximum absolute atomic E-state index is 13.6. The maximum atomic E-state index is 13.6. The third kappa shape index (κ3) is 2.75. The second kappa shape index (κ2) is 7.53. The zero-order chi connectivity index (χ0) is 23.1. The number of hydrogen-bond donors (Lipinski definition) is 2.